The van der Waals surface area contributed by atoms with E-state index in [0.717, 1.165) is 0 Å². The third-order valence-corrected chi connectivity index (χ3v) is 14.4. The van der Waals surface area contributed by atoms with Crippen LogP contribution in [0.25, 0.3) is 32.7 Å². The van der Waals surface area contributed by atoms with E-state index in [1.807, 2.05) is 0 Å². The fourth-order valence-corrected chi connectivity index (χ4v) is 12.4. The van der Waals surface area contributed by atoms with Crippen LogP contribution in [0.1, 0.15) is 0 Å². The molecule has 0 saturated carbocycles. The van der Waals surface area contributed by atoms with Gasteiger partial charge in [-0.15, -0.1) is 0 Å². The average molecular weight is 625 g/mol. The van der Waals surface area contributed by atoms with Gasteiger partial charge in [0.25, 0.3) is 0 Å². The quantitative estimate of drug-likeness (QED) is 0.156. The third kappa shape index (κ3) is 5.35. The second kappa shape index (κ2) is 12.9. The Labute approximate surface area is 273 Å². The maximum Gasteiger partial charge on any atom is 0.111 e. The molecular formula is C44H34P2+2. The van der Waals surface area contributed by atoms with E-state index in [2.05, 4.69) is 194 Å². The lowest BCUT2D eigenvalue weighted by Gasteiger charge is -2.21. The molecule has 0 radical (unpaired) electrons. The molecule has 0 aliphatic carbocycles. The van der Waals surface area contributed by atoms with Crippen molar-refractivity contribution >= 4 is 69.2 Å². The second-order valence-corrected chi connectivity index (χ2v) is 16.5. The highest BCUT2D eigenvalue weighted by molar-refractivity contribution is 7.80. The smallest absolute Gasteiger partial charge is 0.0620 e. The standard InChI is InChI=1S/C44H32P2/c1-5-19-35(20-6-1)45(36-21-7-2-8-22-36)41-31-29-33-17-13-15-27-39(33)43(41)44-40-28-16-14-18-34(40)30-32-42(44)46(37-23-9-3-10-24-37)38-25-11-4-12-26-38/h1-32H/p+2. The van der Waals surface area contributed by atoms with Gasteiger partial charge in [0.15, 0.2) is 0 Å². The van der Waals surface area contributed by atoms with Crippen molar-refractivity contribution in [3.05, 3.63) is 194 Å². The van der Waals surface area contributed by atoms with Gasteiger partial charge in [-0.25, -0.2) is 0 Å². The molecule has 0 unspecified atom stereocenters. The maximum absolute atomic E-state index is 2.44. The molecule has 0 N–H and O–H groups in total. The predicted molar refractivity (Wildman–Crippen MR) is 207 cm³/mol. The van der Waals surface area contributed by atoms with Gasteiger partial charge in [0.05, 0.1) is 15.8 Å². The van der Waals surface area contributed by atoms with E-state index in [0.29, 0.717) is 0 Å². The van der Waals surface area contributed by atoms with Gasteiger partial charge >= 0.3 is 0 Å². The Morgan fingerprint density at radius 3 is 0.848 bits per heavy atom. The Balaban J connectivity index is 1.53. The molecule has 0 aliphatic heterocycles. The summed E-state index contributed by atoms with van der Waals surface area (Å²) in [6.45, 7) is 0. The van der Waals surface area contributed by atoms with Crippen molar-refractivity contribution in [3.8, 4) is 11.1 Å². The lowest BCUT2D eigenvalue weighted by Crippen LogP contribution is -2.26. The van der Waals surface area contributed by atoms with Crippen LogP contribution < -0.4 is 31.8 Å². The van der Waals surface area contributed by atoms with Gasteiger partial charge in [-0.2, -0.15) is 0 Å². The molecule has 8 rings (SSSR count). The maximum atomic E-state index is 2.44. The van der Waals surface area contributed by atoms with E-state index in [9.17, 15) is 0 Å². The Morgan fingerprint density at radius 2 is 0.522 bits per heavy atom. The highest BCUT2D eigenvalue weighted by Gasteiger charge is 2.35. The van der Waals surface area contributed by atoms with E-state index < -0.39 is 15.8 Å². The molecule has 218 valence electrons. The zero-order chi connectivity index (χ0) is 30.7. The molecule has 0 bridgehead atoms. The average Bonchev–Trinajstić information content (AvgIpc) is 3.14. The zero-order valence-electron chi connectivity index (χ0n) is 25.5. The molecule has 0 fully saturated rings. The molecule has 0 amide bonds. The summed E-state index contributed by atoms with van der Waals surface area (Å²) in [5.74, 6) is 0. The second-order valence-electron chi connectivity index (χ2n) is 11.6. The summed E-state index contributed by atoms with van der Waals surface area (Å²) in [6, 6.07) is 72.2. The van der Waals surface area contributed by atoms with E-state index in [4.69, 9.17) is 0 Å². The van der Waals surface area contributed by atoms with E-state index in [1.54, 1.807) is 0 Å². The highest BCUT2D eigenvalue weighted by Crippen LogP contribution is 2.45. The van der Waals surface area contributed by atoms with Crippen LogP contribution in [0.3, 0.4) is 0 Å². The number of fused-ring (bicyclic) bond motifs is 2. The summed E-state index contributed by atoms with van der Waals surface area (Å²) in [4.78, 5) is 0. The van der Waals surface area contributed by atoms with E-state index in [1.165, 1.54) is 64.5 Å². The highest BCUT2D eigenvalue weighted by atomic mass is 31.1. The molecule has 46 heavy (non-hydrogen) atoms. The lowest BCUT2D eigenvalue weighted by molar-refractivity contribution is 1.72. The number of hydrogen-bond acceptors (Lipinski definition) is 0. The molecule has 0 saturated heterocycles. The summed E-state index contributed by atoms with van der Waals surface area (Å²) in [5.41, 5.74) is 2.75. The van der Waals surface area contributed by atoms with Gasteiger partial charge in [-0.3, -0.25) is 0 Å². The van der Waals surface area contributed by atoms with E-state index >= 15 is 0 Å². The molecule has 0 heterocycles. The van der Waals surface area contributed by atoms with Crippen LogP contribution in [0.2, 0.25) is 0 Å². The summed E-state index contributed by atoms with van der Waals surface area (Å²) < 4.78 is 0. The van der Waals surface area contributed by atoms with Crippen molar-refractivity contribution in [1.82, 2.24) is 0 Å². The molecule has 0 spiro atoms. The monoisotopic (exact) mass is 624 g/mol. The van der Waals surface area contributed by atoms with E-state index in [-0.39, 0.29) is 0 Å². The van der Waals surface area contributed by atoms with Crippen LogP contribution in [0.15, 0.2) is 194 Å². The Kier molecular flexibility index (Phi) is 8.00. The van der Waals surface area contributed by atoms with Gasteiger partial charge in [-0.1, -0.05) is 133 Å². The first-order valence-corrected chi connectivity index (χ1v) is 18.9. The number of hydrogen-bond donors (Lipinski definition) is 0. The van der Waals surface area contributed by atoms with Crippen LogP contribution in [-0.4, -0.2) is 0 Å². The minimum atomic E-state index is -1.37. The predicted octanol–water partition coefficient (Wildman–Crippen LogP) is 8.64. The summed E-state index contributed by atoms with van der Waals surface area (Å²) in [7, 11) is -2.74. The fourth-order valence-electron chi connectivity index (χ4n) is 6.87. The van der Waals surface area contributed by atoms with Crippen molar-refractivity contribution < 1.29 is 0 Å². The molecular weight excluding hydrogens is 590 g/mol. The van der Waals surface area contributed by atoms with Gasteiger partial charge in [0.2, 0.25) is 0 Å². The molecule has 0 atom stereocenters. The largest absolute Gasteiger partial charge is 0.111 e. The first kappa shape index (κ1) is 28.6. The molecule has 8 aromatic carbocycles. The van der Waals surface area contributed by atoms with Gasteiger partial charge < -0.3 is 0 Å². The summed E-state index contributed by atoms with van der Waals surface area (Å²) in [6.07, 6.45) is 0. The van der Waals surface area contributed by atoms with Gasteiger partial charge in [-0.05, 0) is 82.2 Å². The van der Waals surface area contributed by atoms with Crippen molar-refractivity contribution in [3.63, 3.8) is 0 Å². The van der Waals surface area contributed by atoms with Gasteiger partial charge in [0, 0.05) is 11.1 Å². The van der Waals surface area contributed by atoms with Crippen LogP contribution in [-0.2, 0) is 0 Å². The minimum Gasteiger partial charge on any atom is -0.0620 e. The Bertz CT molecular complexity index is 2000. The Morgan fingerprint density at radius 1 is 0.239 bits per heavy atom. The molecule has 2 heteroatoms. The zero-order valence-corrected chi connectivity index (χ0v) is 27.5. The van der Waals surface area contributed by atoms with Crippen LogP contribution >= 0.6 is 15.8 Å². The first-order valence-electron chi connectivity index (χ1n) is 15.9. The van der Waals surface area contributed by atoms with Crippen molar-refractivity contribution in [2.24, 2.45) is 0 Å². The first-order chi connectivity index (χ1) is 22.9. The van der Waals surface area contributed by atoms with Crippen LogP contribution in [0.5, 0.6) is 0 Å². The Hall–Kier alpha value is -4.86. The molecule has 0 aliphatic rings. The normalized spacial score (nSPS) is 11.4. The molecule has 8 aromatic rings. The van der Waals surface area contributed by atoms with Crippen LogP contribution in [0, 0.1) is 0 Å². The number of benzene rings is 8. The van der Waals surface area contributed by atoms with Crippen LogP contribution in [0.4, 0.5) is 0 Å². The van der Waals surface area contributed by atoms with Crippen molar-refractivity contribution in [1.29, 1.82) is 0 Å². The molecule has 0 aromatic heterocycles. The van der Waals surface area contributed by atoms with Crippen molar-refractivity contribution in [2.75, 3.05) is 0 Å². The summed E-state index contributed by atoms with van der Waals surface area (Å²) >= 11 is 0. The molecule has 0 nitrogen and oxygen atoms in total. The number of rotatable bonds is 7. The minimum absolute atomic E-state index is 1.27. The van der Waals surface area contributed by atoms with Crippen molar-refractivity contribution in [2.45, 2.75) is 0 Å². The third-order valence-electron chi connectivity index (χ3n) is 8.90. The fraction of sp³-hybridized carbons (Fsp3) is 0. The summed E-state index contributed by atoms with van der Waals surface area (Å²) in [5, 5.41) is 13.6. The lowest BCUT2D eigenvalue weighted by atomic mass is 9.93. The topological polar surface area (TPSA) is 0 Å². The SMILES string of the molecule is c1ccc([PH+](c2ccccc2)c2ccc3ccccc3c2-c2c([PH+](c3ccccc3)c3ccccc3)ccc3ccccc23)cc1. The van der Waals surface area contributed by atoms with Gasteiger partial charge in [0.1, 0.15) is 31.8 Å².